The van der Waals surface area contributed by atoms with Crippen LogP contribution in [-0.4, -0.2) is 41.6 Å². The maximum Gasteiger partial charge on any atom is 0.407 e. The fourth-order valence-electron chi connectivity index (χ4n) is 2.73. The Bertz CT molecular complexity index is 646. The Kier molecular flexibility index (Phi) is 6.74. The molecule has 1 aliphatic heterocycles. The highest BCUT2D eigenvalue weighted by atomic mass is 79.9. The van der Waals surface area contributed by atoms with Crippen LogP contribution in [0.1, 0.15) is 39.2 Å². The normalized spacial score (nSPS) is 18.0. The minimum absolute atomic E-state index is 0.0462. The van der Waals surface area contributed by atoms with Gasteiger partial charge in [0, 0.05) is 23.6 Å². The molecule has 0 saturated carbocycles. The summed E-state index contributed by atoms with van der Waals surface area (Å²) in [5.41, 5.74) is 0.374. The molecule has 0 aromatic heterocycles. The van der Waals surface area contributed by atoms with Crippen LogP contribution in [0.4, 0.5) is 4.79 Å². The number of rotatable bonds is 3. The second-order valence-corrected chi connectivity index (χ2v) is 8.51. The highest BCUT2D eigenvalue weighted by Crippen LogP contribution is 2.24. The monoisotopic (exact) mass is 430 g/mol. The number of alkyl carbamates (subject to hydrolysis) is 1. The van der Waals surface area contributed by atoms with E-state index in [9.17, 15) is 9.59 Å². The Morgan fingerprint density at radius 1 is 1.40 bits per heavy atom. The predicted molar refractivity (Wildman–Crippen MR) is 102 cm³/mol. The van der Waals surface area contributed by atoms with E-state index in [1.165, 1.54) is 0 Å². The van der Waals surface area contributed by atoms with Gasteiger partial charge in [-0.1, -0.05) is 17.7 Å². The molecule has 0 bridgehead atoms. The lowest BCUT2D eigenvalue weighted by Gasteiger charge is -2.33. The molecule has 1 fully saturated rings. The van der Waals surface area contributed by atoms with Gasteiger partial charge in [0.25, 0.3) is 0 Å². The fourth-order valence-corrected chi connectivity index (χ4v) is 3.28. The van der Waals surface area contributed by atoms with E-state index in [0.717, 1.165) is 22.9 Å². The number of benzene rings is 1. The minimum Gasteiger partial charge on any atom is -0.444 e. The average molecular weight is 432 g/mol. The molecular formula is C18H24BrClN2O3. The molecule has 1 saturated heterocycles. The first-order chi connectivity index (χ1) is 11.6. The van der Waals surface area contributed by atoms with Crippen molar-refractivity contribution in [3.63, 3.8) is 0 Å². The van der Waals surface area contributed by atoms with Gasteiger partial charge in [0.1, 0.15) is 5.60 Å². The third kappa shape index (κ3) is 6.51. The minimum atomic E-state index is -0.532. The second-order valence-electron chi connectivity index (χ2n) is 7.25. The zero-order chi connectivity index (χ0) is 18.6. The van der Waals surface area contributed by atoms with Gasteiger partial charge in [0.2, 0.25) is 5.91 Å². The number of amides is 2. The Hall–Kier alpha value is -1.27. The van der Waals surface area contributed by atoms with Crippen molar-refractivity contribution in [2.45, 2.75) is 51.7 Å². The molecule has 7 heteroatoms. The summed E-state index contributed by atoms with van der Waals surface area (Å²) in [5, 5.41) is 3.48. The topological polar surface area (TPSA) is 58.6 Å². The number of hydrogen-bond donors (Lipinski definition) is 1. The van der Waals surface area contributed by atoms with Crippen LogP contribution >= 0.6 is 27.5 Å². The Labute approximate surface area is 162 Å². The standard InChI is InChI=1S/C18H24BrClN2O3/c1-18(2,3)25-17(24)21-13-5-4-8-22(11-13)16(23)10-12-6-7-15(20)14(19)9-12/h6-7,9,13H,4-5,8,10-11H2,1-3H3,(H,21,24)/t13-/m0/s1. The molecule has 1 N–H and O–H groups in total. The lowest BCUT2D eigenvalue weighted by molar-refractivity contribution is -0.131. The predicted octanol–water partition coefficient (Wildman–Crippen LogP) is 4.16. The van der Waals surface area contributed by atoms with Gasteiger partial charge in [-0.25, -0.2) is 4.79 Å². The maximum absolute atomic E-state index is 12.6. The van der Waals surface area contributed by atoms with Gasteiger partial charge in [0.15, 0.2) is 0 Å². The number of ether oxygens (including phenoxy) is 1. The smallest absolute Gasteiger partial charge is 0.407 e. The lowest BCUT2D eigenvalue weighted by atomic mass is 10.0. The van der Waals surface area contributed by atoms with Crippen molar-refractivity contribution in [3.8, 4) is 0 Å². The van der Waals surface area contributed by atoms with Gasteiger partial charge >= 0.3 is 6.09 Å². The van der Waals surface area contributed by atoms with E-state index in [0.29, 0.717) is 24.5 Å². The van der Waals surface area contributed by atoms with Crippen LogP contribution < -0.4 is 5.32 Å². The number of nitrogens with one attached hydrogen (secondary N) is 1. The molecule has 0 aliphatic carbocycles. The van der Waals surface area contributed by atoms with Crippen molar-refractivity contribution in [2.75, 3.05) is 13.1 Å². The van der Waals surface area contributed by atoms with Gasteiger partial charge in [-0.05, 0) is 67.2 Å². The maximum atomic E-state index is 12.6. The molecule has 0 radical (unpaired) electrons. The van der Waals surface area contributed by atoms with Crippen LogP contribution in [0, 0.1) is 0 Å². The second kappa shape index (κ2) is 8.41. The van der Waals surface area contributed by atoms with E-state index in [4.69, 9.17) is 16.3 Å². The third-order valence-electron chi connectivity index (χ3n) is 3.83. The summed E-state index contributed by atoms with van der Waals surface area (Å²) >= 11 is 9.36. The molecule has 0 unspecified atom stereocenters. The summed E-state index contributed by atoms with van der Waals surface area (Å²) in [6, 6.07) is 5.41. The van der Waals surface area contributed by atoms with Gasteiger partial charge in [-0.2, -0.15) is 0 Å². The molecular weight excluding hydrogens is 408 g/mol. The van der Waals surface area contributed by atoms with Gasteiger partial charge in [-0.3, -0.25) is 4.79 Å². The molecule has 1 aromatic carbocycles. The molecule has 2 rings (SSSR count). The van der Waals surface area contributed by atoms with Crippen LogP contribution in [0.15, 0.2) is 22.7 Å². The number of likely N-dealkylation sites (tertiary alicyclic amines) is 1. The largest absolute Gasteiger partial charge is 0.444 e. The summed E-state index contributed by atoms with van der Waals surface area (Å²) in [6.07, 6.45) is 1.58. The van der Waals surface area contributed by atoms with Crippen LogP contribution in [0.5, 0.6) is 0 Å². The summed E-state index contributed by atoms with van der Waals surface area (Å²) in [5.74, 6) is 0.0462. The number of hydrogen-bond acceptors (Lipinski definition) is 3. The van der Waals surface area contributed by atoms with Crippen LogP contribution in [0.3, 0.4) is 0 Å². The molecule has 0 spiro atoms. The first-order valence-corrected chi connectivity index (χ1v) is 9.52. The number of carbonyl (C=O) groups excluding carboxylic acids is 2. The molecule has 25 heavy (non-hydrogen) atoms. The van der Waals surface area contributed by atoms with Crippen LogP contribution in [-0.2, 0) is 16.0 Å². The zero-order valence-corrected chi connectivity index (χ0v) is 17.1. The molecule has 1 heterocycles. The molecule has 1 aromatic rings. The zero-order valence-electron chi connectivity index (χ0n) is 14.8. The molecule has 1 aliphatic rings. The SMILES string of the molecule is CC(C)(C)OC(=O)N[C@H]1CCCN(C(=O)Cc2ccc(Cl)c(Br)c2)C1. The Balaban J connectivity index is 1.90. The molecule has 2 amide bonds. The molecule has 5 nitrogen and oxygen atoms in total. The number of nitrogens with zero attached hydrogens (tertiary/aromatic N) is 1. The van der Waals surface area contributed by atoms with Gasteiger partial charge in [0.05, 0.1) is 11.4 Å². The number of halogens is 2. The van der Waals surface area contributed by atoms with Gasteiger partial charge in [-0.15, -0.1) is 0 Å². The molecule has 138 valence electrons. The summed E-state index contributed by atoms with van der Waals surface area (Å²) < 4.78 is 6.07. The van der Waals surface area contributed by atoms with Gasteiger partial charge < -0.3 is 15.0 Å². The van der Waals surface area contributed by atoms with Crippen molar-refractivity contribution < 1.29 is 14.3 Å². The van der Waals surface area contributed by atoms with E-state index < -0.39 is 11.7 Å². The summed E-state index contributed by atoms with van der Waals surface area (Å²) in [4.78, 5) is 26.3. The first kappa shape index (κ1) is 20.0. The summed E-state index contributed by atoms with van der Waals surface area (Å²) in [7, 11) is 0. The van der Waals surface area contributed by atoms with E-state index in [1.807, 2.05) is 32.9 Å². The summed E-state index contributed by atoms with van der Waals surface area (Å²) in [6.45, 7) is 6.70. The Morgan fingerprint density at radius 3 is 2.76 bits per heavy atom. The number of carbonyl (C=O) groups is 2. The van der Waals surface area contributed by atoms with Crippen molar-refractivity contribution in [1.82, 2.24) is 10.2 Å². The van der Waals surface area contributed by atoms with E-state index >= 15 is 0 Å². The van der Waals surface area contributed by atoms with Crippen LogP contribution in [0.25, 0.3) is 0 Å². The van der Waals surface area contributed by atoms with E-state index in [2.05, 4.69) is 21.2 Å². The van der Waals surface area contributed by atoms with Crippen LogP contribution in [0.2, 0.25) is 5.02 Å². The average Bonchev–Trinajstić information content (AvgIpc) is 2.49. The van der Waals surface area contributed by atoms with Crippen molar-refractivity contribution >= 4 is 39.5 Å². The molecule has 1 atom stereocenters. The van der Waals surface area contributed by atoms with E-state index in [1.54, 1.807) is 11.0 Å². The highest BCUT2D eigenvalue weighted by molar-refractivity contribution is 9.10. The van der Waals surface area contributed by atoms with Crippen molar-refractivity contribution in [1.29, 1.82) is 0 Å². The third-order valence-corrected chi connectivity index (χ3v) is 5.05. The Morgan fingerprint density at radius 2 is 2.12 bits per heavy atom. The fraction of sp³-hybridized carbons (Fsp3) is 0.556. The quantitative estimate of drug-likeness (QED) is 0.782. The van der Waals surface area contributed by atoms with Crippen molar-refractivity contribution in [3.05, 3.63) is 33.3 Å². The number of piperidine rings is 1. The van der Waals surface area contributed by atoms with Crippen molar-refractivity contribution in [2.24, 2.45) is 0 Å². The highest BCUT2D eigenvalue weighted by Gasteiger charge is 2.26. The van der Waals surface area contributed by atoms with E-state index in [-0.39, 0.29) is 11.9 Å². The lowest BCUT2D eigenvalue weighted by Crippen LogP contribution is -2.50. The first-order valence-electron chi connectivity index (χ1n) is 8.35.